The van der Waals surface area contributed by atoms with Gasteiger partial charge in [-0.3, -0.25) is 0 Å². The van der Waals surface area contributed by atoms with Crippen LogP contribution in [0.25, 0.3) is 0 Å². The quantitative estimate of drug-likeness (QED) is 0.251. The summed E-state index contributed by atoms with van der Waals surface area (Å²) in [5, 5.41) is 7.82. The first-order valence-corrected chi connectivity index (χ1v) is 2.01. The Morgan fingerprint density at radius 1 is 1.89 bits per heavy atom. The van der Waals surface area contributed by atoms with Crippen LogP contribution in [0.5, 0.6) is 0 Å². The van der Waals surface area contributed by atoms with Crippen LogP contribution in [0.15, 0.2) is 12.7 Å². The van der Waals surface area contributed by atoms with Crippen molar-refractivity contribution in [3.63, 3.8) is 0 Å². The monoisotopic (exact) mass is 159 g/mol. The van der Waals surface area contributed by atoms with Crippen LogP contribution in [0.2, 0.25) is 0 Å². The predicted molar refractivity (Wildman–Crippen MR) is 35.9 cm³/mol. The van der Waals surface area contributed by atoms with Gasteiger partial charge in [0.1, 0.15) is 0 Å². The molecule has 0 radical (unpaired) electrons. The second-order valence-electron chi connectivity index (χ2n) is 1.01. The summed E-state index contributed by atoms with van der Waals surface area (Å²) in [5.41, 5.74) is 2.12. The average Bonchev–Trinajstić information content (AvgIpc) is 1.66. The van der Waals surface area contributed by atoms with Gasteiger partial charge in [0, 0.05) is 6.54 Å². The first-order valence-electron chi connectivity index (χ1n) is 2.01. The fourth-order valence-electron chi connectivity index (χ4n) is 0.162. The number of carbonyl (C=O) groups is 1. The molecular formula is C4H9CaNO3. The van der Waals surface area contributed by atoms with Crippen LogP contribution in [0.3, 0.4) is 0 Å². The molecule has 5 heteroatoms. The van der Waals surface area contributed by atoms with Crippen LogP contribution < -0.4 is 5.48 Å². The van der Waals surface area contributed by atoms with E-state index in [1.807, 2.05) is 0 Å². The van der Waals surface area contributed by atoms with Gasteiger partial charge in [-0.1, -0.05) is 6.08 Å². The Morgan fingerprint density at radius 3 is 2.78 bits per heavy atom. The van der Waals surface area contributed by atoms with Crippen molar-refractivity contribution in [1.82, 2.24) is 5.48 Å². The van der Waals surface area contributed by atoms with E-state index in [-0.39, 0.29) is 37.7 Å². The molecule has 9 heavy (non-hydrogen) atoms. The van der Waals surface area contributed by atoms with E-state index in [1.54, 1.807) is 0 Å². The fourth-order valence-corrected chi connectivity index (χ4v) is 0.162. The van der Waals surface area contributed by atoms with E-state index < -0.39 is 6.16 Å². The molecule has 0 aliphatic heterocycles. The molecule has 4 nitrogen and oxygen atoms in total. The van der Waals surface area contributed by atoms with Crippen LogP contribution in [-0.2, 0) is 4.84 Å². The van der Waals surface area contributed by atoms with Gasteiger partial charge in [-0.05, 0) is 0 Å². The molecule has 50 valence electrons. The van der Waals surface area contributed by atoms with Gasteiger partial charge in [-0.25, -0.2) is 4.79 Å². The van der Waals surface area contributed by atoms with Crippen molar-refractivity contribution < 1.29 is 14.7 Å². The molecule has 0 fully saturated rings. The van der Waals surface area contributed by atoms with Gasteiger partial charge < -0.3 is 9.94 Å². The van der Waals surface area contributed by atoms with Gasteiger partial charge in [0.15, 0.2) is 0 Å². The molecule has 0 saturated carbocycles. The Morgan fingerprint density at radius 2 is 2.44 bits per heavy atom. The summed E-state index contributed by atoms with van der Waals surface area (Å²) in [5.74, 6) is 0. The number of hydrogen-bond acceptors (Lipinski definition) is 3. The third-order valence-corrected chi connectivity index (χ3v) is 0.387. The zero-order chi connectivity index (χ0) is 6.41. The molecule has 0 atom stereocenters. The number of carboxylic acid groups (broad SMARTS) is 1. The minimum atomic E-state index is -1.34. The van der Waals surface area contributed by atoms with Gasteiger partial charge in [0.05, 0.1) is 0 Å². The van der Waals surface area contributed by atoms with Gasteiger partial charge in [-0.2, -0.15) is 0 Å². The van der Waals surface area contributed by atoms with Crippen molar-refractivity contribution in [3.05, 3.63) is 12.7 Å². The predicted octanol–water partition coefficient (Wildman–Crippen LogP) is -0.545. The van der Waals surface area contributed by atoms with Crippen LogP contribution in [0.4, 0.5) is 4.79 Å². The van der Waals surface area contributed by atoms with Crippen molar-refractivity contribution in [1.29, 1.82) is 0 Å². The molecular weight excluding hydrogens is 150 g/mol. The normalized spacial score (nSPS) is 7.11. The van der Waals surface area contributed by atoms with Gasteiger partial charge in [0.2, 0.25) is 0 Å². The van der Waals surface area contributed by atoms with Crippen molar-refractivity contribution >= 4 is 43.9 Å². The second-order valence-corrected chi connectivity index (χ2v) is 1.01. The first-order chi connectivity index (χ1) is 3.77. The van der Waals surface area contributed by atoms with Crippen LogP contribution >= 0.6 is 0 Å². The molecule has 0 rings (SSSR count). The molecule has 0 bridgehead atoms. The SMILES string of the molecule is C=CCNOC(=O)O.[CaH2]. The van der Waals surface area contributed by atoms with Crippen LogP contribution in [0.1, 0.15) is 0 Å². The van der Waals surface area contributed by atoms with Crippen molar-refractivity contribution in [2.24, 2.45) is 0 Å². The van der Waals surface area contributed by atoms with Crippen LogP contribution in [0, 0.1) is 0 Å². The van der Waals surface area contributed by atoms with E-state index in [9.17, 15) is 4.79 Å². The second kappa shape index (κ2) is 8.23. The Hall–Kier alpha value is 0.230. The maximum absolute atomic E-state index is 9.56. The zero-order valence-electron chi connectivity index (χ0n) is 4.26. The fraction of sp³-hybridized carbons (Fsp3) is 0.250. The molecule has 0 aliphatic rings. The molecule has 2 N–H and O–H groups in total. The third-order valence-electron chi connectivity index (χ3n) is 0.387. The van der Waals surface area contributed by atoms with Crippen molar-refractivity contribution in [2.75, 3.05) is 6.54 Å². The number of hydroxylamine groups is 1. The summed E-state index contributed by atoms with van der Waals surface area (Å²) in [4.78, 5) is 13.4. The van der Waals surface area contributed by atoms with Crippen molar-refractivity contribution in [3.8, 4) is 0 Å². The summed E-state index contributed by atoms with van der Waals surface area (Å²) in [6, 6.07) is 0. The Kier molecular flexibility index (Phi) is 10.9. The van der Waals surface area contributed by atoms with Gasteiger partial charge >= 0.3 is 43.9 Å². The molecule has 0 aromatic carbocycles. The minimum absolute atomic E-state index is 0. The van der Waals surface area contributed by atoms with Gasteiger partial charge in [0.25, 0.3) is 0 Å². The molecule has 0 aromatic heterocycles. The van der Waals surface area contributed by atoms with Gasteiger partial charge in [-0.15, -0.1) is 12.1 Å². The maximum atomic E-state index is 9.56. The van der Waals surface area contributed by atoms with E-state index in [4.69, 9.17) is 5.11 Å². The average molecular weight is 159 g/mol. The topological polar surface area (TPSA) is 58.6 Å². The molecule has 0 aliphatic carbocycles. The summed E-state index contributed by atoms with van der Waals surface area (Å²) >= 11 is 0. The number of rotatable bonds is 3. The third kappa shape index (κ3) is 11.7. The Balaban J connectivity index is 0. The molecule has 0 saturated heterocycles. The molecule has 0 heterocycles. The van der Waals surface area contributed by atoms with E-state index in [0.717, 1.165) is 0 Å². The number of hydrogen-bond donors (Lipinski definition) is 2. The number of nitrogens with one attached hydrogen (secondary N) is 1. The summed E-state index contributed by atoms with van der Waals surface area (Å²) in [6.07, 6.45) is 0.148. The van der Waals surface area contributed by atoms with E-state index >= 15 is 0 Å². The zero-order valence-corrected chi connectivity index (χ0v) is 4.26. The molecule has 0 spiro atoms. The summed E-state index contributed by atoms with van der Waals surface area (Å²) < 4.78 is 0. The first kappa shape index (κ1) is 12.0. The summed E-state index contributed by atoms with van der Waals surface area (Å²) in [6.45, 7) is 3.65. The van der Waals surface area contributed by atoms with E-state index in [1.165, 1.54) is 6.08 Å². The molecule has 0 unspecified atom stereocenters. The molecule has 0 amide bonds. The van der Waals surface area contributed by atoms with E-state index in [2.05, 4.69) is 16.9 Å². The Labute approximate surface area is 82.8 Å². The van der Waals surface area contributed by atoms with Crippen molar-refractivity contribution in [2.45, 2.75) is 0 Å². The standard InChI is InChI=1S/C4H7NO3.Ca.2H/c1-2-3-5-8-4(6)7;;;/h2,5H,1,3H2,(H,6,7);;;. The van der Waals surface area contributed by atoms with E-state index in [0.29, 0.717) is 6.54 Å². The Bertz CT molecular complexity index is 95.8. The molecule has 0 aromatic rings. The van der Waals surface area contributed by atoms with Crippen LogP contribution in [-0.4, -0.2) is 55.5 Å². The summed E-state index contributed by atoms with van der Waals surface area (Å²) in [7, 11) is 0.